The van der Waals surface area contributed by atoms with Crippen molar-refractivity contribution in [1.29, 1.82) is 0 Å². The van der Waals surface area contributed by atoms with Crippen LogP contribution in [-0.2, 0) is 0 Å². The van der Waals surface area contributed by atoms with Crippen LogP contribution in [0, 0.1) is 0 Å². The van der Waals surface area contributed by atoms with Gasteiger partial charge in [0.05, 0.1) is 11.6 Å². The molecule has 2 aromatic rings. The number of nitrogens with one attached hydrogen (secondary N) is 1. The van der Waals surface area contributed by atoms with Gasteiger partial charge in [0.25, 0.3) is 5.91 Å². The monoisotopic (exact) mass is 275 g/mol. The Morgan fingerprint density at radius 3 is 2.58 bits per heavy atom. The summed E-state index contributed by atoms with van der Waals surface area (Å²) in [6, 6.07) is 13.9. The van der Waals surface area contributed by atoms with E-state index in [-0.39, 0.29) is 23.3 Å². The van der Waals surface area contributed by atoms with Crippen molar-refractivity contribution in [3.8, 4) is 5.75 Å². The van der Waals surface area contributed by atoms with Crippen molar-refractivity contribution in [2.24, 2.45) is 0 Å². The van der Waals surface area contributed by atoms with Gasteiger partial charge < -0.3 is 10.4 Å². The summed E-state index contributed by atoms with van der Waals surface area (Å²) >= 11 is 5.82. The highest BCUT2D eigenvalue weighted by Crippen LogP contribution is 2.22. The third kappa shape index (κ3) is 3.26. The lowest BCUT2D eigenvalue weighted by atomic mass is 10.1. The fraction of sp³-hybridized carbons (Fsp3) is 0.133. The van der Waals surface area contributed by atoms with Crippen molar-refractivity contribution in [3.63, 3.8) is 0 Å². The van der Waals surface area contributed by atoms with Crippen LogP contribution in [-0.4, -0.2) is 11.0 Å². The number of phenolic OH excluding ortho intramolecular Hbond substituents is 1. The Bertz CT molecular complexity index is 584. The molecule has 0 aromatic heterocycles. The Morgan fingerprint density at radius 1 is 1.21 bits per heavy atom. The smallest absolute Gasteiger partial charge is 0.255 e. The van der Waals surface area contributed by atoms with Crippen molar-refractivity contribution in [3.05, 3.63) is 64.7 Å². The third-order valence-electron chi connectivity index (χ3n) is 2.85. The molecule has 0 saturated heterocycles. The highest BCUT2D eigenvalue weighted by molar-refractivity contribution is 6.31. The molecule has 2 rings (SSSR count). The van der Waals surface area contributed by atoms with E-state index in [2.05, 4.69) is 5.32 Å². The van der Waals surface area contributed by atoms with Gasteiger partial charge >= 0.3 is 0 Å². The van der Waals surface area contributed by atoms with Crippen LogP contribution in [0.1, 0.15) is 28.9 Å². The standard InChI is InChI=1S/C15H14ClNO2/c1-10(11-5-3-2-4-6-11)17-15(19)13-9-12(16)7-8-14(13)18/h2-10,18H,1H3,(H,17,19)/t10-/m1/s1. The zero-order chi connectivity index (χ0) is 13.8. The third-order valence-corrected chi connectivity index (χ3v) is 3.09. The van der Waals surface area contributed by atoms with Gasteiger partial charge in [-0.15, -0.1) is 0 Å². The van der Waals surface area contributed by atoms with Crippen LogP contribution in [0.25, 0.3) is 0 Å². The first-order valence-corrected chi connectivity index (χ1v) is 6.30. The highest BCUT2D eigenvalue weighted by Gasteiger charge is 2.14. The number of carbonyl (C=O) groups excluding carboxylic acids is 1. The van der Waals surface area contributed by atoms with E-state index in [1.807, 2.05) is 37.3 Å². The van der Waals surface area contributed by atoms with E-state index in [1.54, 1.807) is 0 Å². The van der Waals surface area contributed by atoms with Gasteiger partial charge in [0, 0.05) is 5.02 Å². The number of phenols is 1. The van der Waals surface area contributed by atoms with Crippen LogP contribution in [0.2, 0.25) is 5.02 Å². The first-order chi connectivity index (χ1) is 9.08. The fourth-order valence-electron chi connectivity index (χ4n) is 1.79. The number of carbonyl (C=O) groups is 1. The maximum absolute atomic E-state index is 12.1. The number of hydrogen-bond donors (Lipinski definition) is 2. The van der Waals surface area contributed by atoms with Gasteiger partial charge in [-0.1, -0.05) is 41.9 Å². The molecule has 2 aromatic carbocycles. The van der Waals surface area contributed by atoms with E-state index in [4.69, 9.17) is 11.6 Å². The van der Waals surface area contributed by atoms with E-state index in [9.17, 15) is 9.90 Å². The average molecular weight is 276 g/mol. The zero-order valence-electron chi connectivity index (χ0n) is 10.4. The molecule has 0 saturated carbocycles. The molecule has 0 fully saturated rings. The molecule has 0 aliphatic heterocycles. The van der Waals surface area contributed by atoms with Crippen molar-refractivity contribution in [2.75, 3.05) is 0 Å². The molecule has 0 aliphatic rings. The summed E-state index contributed by atoms with van der Waals surface area (Å²) in [6.45, 7) is 1.88. The molecule has 0 unspecified atom stereocenters. The molecule has 0 aliphatic carbocycles. The zero-order valence-corrected chi connectivity index (χ0v) is 11.2. The molecule has 0 heterocycles. The van der Waals surface area contributed by atoms with Crippen LogP contribution in [0.15, 0.2) is 48.5 Å². The van der Waals surface area contributed by atoms with Crippen LogP contribution >= 0.6 is 11.6 Å². The molecule has 2 N–H and O–H groups in total. The van der Waals surface area contributed by atoms with Crippen LogP contribution in [0.5, 0.6) is 5.75 Å². The predicted octanol–water partition coefficient (Wildman–Crippen LogP) is 3.54. The number of hydrogen-bond acceptors (Lipinski definition) is 2. The second-order valence-corrected chi connectivity index (χ2v) is 4.70. The van der Waals surface area contributed by atoms with Gasteiger partial charge in [0.1, 0.15) is 5.75 Å². The van der Waals surface area contributed by atoms with Gasteiger partial charge in [-0.3, -0.25) is 4.79 Å². The topological polar surface area (TPSA) is 49.3 Å². The molecule has 98 valence electrons. The lowest BCUT2D eigenvalue weighted by Crippen LogP contribution is -2.26. The Kier molecular flexibility index (Phi) is 4.07. The summed E-state index contributed by atoms with van der Waals surface area (Å²) in [4.78, 5) is 12.1. The minimum absolute atomic E-state index is 0.0813. The average Bonchev–Trinajstić information content (AvgIpc) is 2.42. The Labute approximate surface area is 116 Å². The normalized spacial score (nSPS) is 11.9. The minimum Gasteiger partial charge on any atom is -0.507 e. The molecule has 19 heavy (non-hydrogen) atoms. The van der Waals surface area contributed by atoms with Crippen LogP contribution in [0.4, 0.5) is 0 Å². The molecular formula is C15H14ClNO2. The first kappa shape index (κ1) is 13.4. The second-order valence-electron chi connectivity index (χ2n) is 4.27. The minimum atomic E-state index is -0.351. The van der Waals surface area contributed by atoms with Crippen molar-refractivity contribution < 1.29 is 9.90 Å². The second kappa shape index (κ2) is 5.76. The maximum atomic E-state index is 12.1. The molecular weight excluding hydrogens is 262 g/mol. The van der Waals surface area contributed by atoms with Gasteiger partial charge in [0.15, 0.2) is 0 Å². The number of rotatable bonds is 3. The fourth-order valence-corrected chi connectivity index (χ4v) is 1.96. The van der Waals surface area contributed by atoms with Crippen LogP contribution in [0.3, 0.4) is 0 Å². The maximum Gasteiger partial charge on any atom is 0.255 e. The summed E-state index contributed by atoms with van der Waals surface area (Å²) in [5.41, 5.74) is 1.17. The predicted molar refractivity (Wildman–Crippen MR) is 75.4 cm³/mol. The van der Waals surface area contributed by atoms with Crippen molar-refractivity contribution in [1.82, 2.24) is 5.32 Å². The summed E-state index contributed by atoms with van der Waals surface area (Å²) in [5.74, 6) is -0.432. The van der Waals surface area contributed by atoms with E-state index in [0.29, 0.717) is 5.02 Å². The Hall–Kier alpha value is -2.00. The largest absolute Gasteiger partial charge is 0.507 e. The van der Waals surface area contributed by atoms with E-state index in [1.165, 1.54) is 18.2 Å². The lowest BCUT2D eigenvalue weighted by Gasteiger charge is -2.15. The molecule has 1 amide bonds. The SMILES string of the molecule is C[C@@H](NC(=O)c1cc(Cl)ccc1O)c1ccccc1. The van der Waals surface area contributed by atoms with Crippen molar-refractivity contribution in [2.45, 2.75) is 13.0 Å². The van der Waals surface area contributed by atoms with Gasteiger partial charge in [-0.25, -0.2) is 0 Å². The van der Waals surface area contributed by atoms with Gasteiger partial charge in [-0.2, -0.15) is 0 Å². The van der Waals surface area contributed by atoms with Gasteiger partial charge in [0.2, 0.25) is 0 Å². The number of halogens is 1. The van der Waals surface area contributed by atoms with E-state index >= 15 is 0 Å². The Balaban J connectivity index is 2.15. The number of benzene rings is 2. The molecule has 0 bridgehead atoms. The van der Waals surface area contributed by atoms with E-state index < -0.39 is 0 Å². The molecule has 3 nitrogen and oxygen atoms in total. The quantitative estimate of drug-likeness (QED) is 0.900. The van der Waals surface area contributed by atoms with Gasteiger partial charge in [-0.05, 0) is 30.7 Å². The molecule has 1 atom stereocenters. The number of aromatic hydroxyl groups is 1. The molecule has 0 radical (unpaired) electrons. The summed E-state index contributed by atoms with van der Waals surface area (Å²) in [7, 11) is 0. The van der Waals surface area contributed by atoms with Crippen LogP contribution < -0.4 is 5.32 Å². The summed E-state index contributed by atoms with van der Waals surface area (Å²) in [6.07, 6.45) is 0. The summed E-state index contributed by atoms with van der Waals surface area (Å²) in [5, 5.41) is 12.9. The van der Waals surface area contributed by atoms with Crippen molar-refractivity contribution >= 4 is 17.5 Å². The summed E-state index contributed by atoms with van der Waals surface area (Å²) < 4.78 is 0. The first-order valence-electron chi connectivity index (χ1n) is 5.92. The Morgan fingerprint density at radius 2 is 1.89 bits per heavy atom. The van der Waals surface area contributed by atoms with E-state index in [0.717, 1.165) is 5.56 Å². The highest BCUT2D eigenvalue weighted by atomic mass is 35.5. The lowest BCUT2D eigenvalue weighted by molar-refractivity contribution is 0.0937. The molecule has 4 heteroatoms. The molecule has 0 spiro atoms. The number of amides is 1.